The smallest absolute Gasteiger partial charge is 0.338 e. The molecule has 0 aromatic rings. The highest BCUT2D eigenvalue weighted by atomic mass is 16.5. The van der Waals surface area contributed by atoms with Crippen molar-refractivity contribution in [3.8, 4) is 0 Å². The van der Waals surface area contributed by atoms with E-state index in [2.05, 4.69) is 4.74 Å². The van der Waals surface area contributed by atoms with Gasteiger partial charge in [-0.25, -0.2) is 9.59 Å². The normalized spacial score (nSPS) is 14.5. The number of hydrogen-bond acceptors (Lipinski definition) is 5. The molecule has 0 saturated heterocycles. The predicted molar refractivity (Wildman–Crippen MR) is 45.5 cm³/mol. The number of ether oxygens (including phenoxy) is 1. The minimum Gasteiger partial charge on any atom is -0.479 e. The second-order valence-corrected chi connectivity index (χ2v) is 2.75. The number of rotatable bonds is 6. The molecule has 82 valence electrons. The van der Waals surface area contributed by atoms with Crippen LogP contribution in [0.2, 0.25) is 0 Å². The molecule has 0 amide bonds. The Kier molecular flexibility index (Phi) is 5.82. The summed E-state index contributed by atoms with van der Waals surface area (Å²) in [5.41, 5.74) is 0. The molecule has 0 fully saturated rings. The van der Waals surface area contributed by atoms with E-state index in [1.165, 1.54) is 0 Å². The molecule has 2 atom stereocenters. The van der Waals surface area contributed by atoms with E-state index in [9.17, 15) is 9.59 Å². The van der Waals surface area contributed by atoms with E-state index in [0.717, 1.165) is 6.42 Å². The van der Waals surface area contributed by atoms with Crippen LogP contribution in [-0.4, -0.2) is 46.1 Å². The maximum Gasteiger partial charge on any atom is 0.338 e. The van der Waals surface area contributed by atoms with E-state index < -0.39 is 24.1 Å². The van der Waals surface area contributed by atoms with Crippen LogP contribution in [0.5, 0.6) is 0 Å². The molecule has 0 rings (SSSR count). The first-order valence-electron chi connectivity index (χ1n) is 4.26. The fourth-order valence-corrected chi connectivity index (χ4v) is 0.666. The van der Waals surface area contributed by atoms with Crippen molar-refractivity contribution >= 4 is 11.9 Å². The number of aliphatic hydroxyl groups excluding tert-OH is 2. The van der Waals surface area contributed by atoms with Crippen LogP contribution in [0.1, 0.15) is 19.8 Å². The van der Waals surface area contributed by atoms with Gasteiger partial charge in [0, 0.05) is 0 Å². The lowest BCUT2D eigenvalue weighted by Crippen LogP contribution is -2.40. The molecule has 0 radical (unpaired) electrons. The van der Waals surface area contributed by atoms with E-state index in [1.807, 2.05) is 6.92 Å². The Balaban J connectivity index is 3.92. The summed E-state index contributed by atoms with van der Waals surface area (Å²) in [6, 6.07) is 0. The highest BCUT2D eigenvalue weighted by molar-refractivity contribution is 5.84. The lowest BCUT2D eigenvalue weighted by molar-refractivity contribution is -0.169. The number of unbranched alkanes of at least 4 members (excludes halogenated alkanes) is 1. The summed E-state index contributed by atoms with van der Waals surface area (Å²) >= 11 is 0. The number of aliphatic carboxylic acids is 1. The van der Waals surface area contributed by atoms with Crippen molar-refractivity contribution in [1.82, 2.24) is 0 Å². The molecule has 0 aromatic carbocycles. The molecule has 0 spiro atoms. The standard InChI is InChI=1S/C8H14O6/c1-2-3-4-14-8(13)6(10)5(9)7(11)12/h5-6,9-10H,2-4H2,1H3,(H,11,12)/t5-,6+/m0/s1. The highest BCUT2D eigenvalue weighted by Gasteiger charge is 2.31. The summed E-state index contributed by atoms with van der Waals surface area (Å²) in [5, 5.41) is 26.0. The zero-order chi connectivity index (χ0) is 11.1. The van der Waals surface area contributed by atoms with Gasteiger partial charge in [0.05, 0.1) is 6.61 Å². The molecule has 0 aliphatic rings. The van der Waals surface area contributed by atoms with Gasteiger partial charge in [-0.05, 0) is 6.42 Å². The highest BCUT2D eigenvalue weighted by Crippen LogP contribution is 1.98. The summed E-state index contributed by atoms with van der Waals surface area (Å²) in [6.07, 6.45) is -2.72. The minimum atomic E-state index is -2.14. The summed E-state index contributed by atoms with van der Waals surface area (Å²) in [5.74, 6) is -2.78. The van der Waals surface area contributed by atoms with Crippen molar-refractivity contribution in [2.75, 3.05) is 6.61 Å². The van der Waals surface area contributed by atoms with Crippen molar-refractivity contribution in [3.05, 3.63) is 0 Å². The number of hydrogen-bond donors (Lipinski definition) is 3. The van der Waals surface area contributed by atoms with Crippen LogP contribution in [0.3, 0.4) is 0 Å². The van der Waals surface area contributed by atoms with Crippen LogP contribution in [0.15, 0.2) is 0 Å². The fraction of sp³-hybridized carbons (Fsp3) is 0.750. The first kappa shape index (κ1) is 12.9. The van der Waals surface area contributed by atoms with Gasteiger partial charge in [-0.2, -0.15) is 0 Å². The third kappa shape index (κ3) is 4.20. The molecule has 14 heavy (non-hydrogen) atoms. The molecule has 6 nitrogen and oxygen atoms in total. The lowest BCUT2D eigenvalue weighted by Gasteiger charge is -2.12. The molecule has 0 heterocycles. The predicted octanol–water partition coefficient (Wildman–Crippen LogP) is -0.864. The fourth-order valence-electron chi connectivity index (χ4n) is 0.666. The monoisotopic (exact) mass is 206 g/mol. The maximum absolute atomic E-state index is 10.9. The van der Waals surface area contributed by atoms with E-state index in [0.29, 0.717) is 6.42 Å². The number of carboxylic acid groups (broad SMARTS) is 1. The summed E-state index contributed by atoms with van der Waals surface area (Å²) < 4.78 is 4.50. The van der Waals surface area contributed by atoms with Crippen LogP contribution in [-0.2, 0) is 14.3 Å². The molecule has 0 unspecified atom stereocenters. The molecule has 6 heteroatoms. The topological polar surface area (TPSA) is 104 Å². The molecular formula is C8H14O6. The van der Waals surface area contributed by atoms with Crippen molar-refractivity contribution in [1.29, 1.82) is 0 Å². The van der Waals surface area contributed by atoms with Gasteiger partial charge in [0.15, 0.2) is 12.2 Å². The van der Waals surface area contributed by atoms with Crippen LogP contribution >= 0.6 is 0 Å². The van der Waals surface area contributed by atoms with Gasteiger partial charge in [0.2, 0.25) is 0 Å². The number of aliphatic hydroxyl groups is 2. The second-order valence-electron chi connectivity index (χ2n) is 2.75. The average molecular weight is 206 g/mol. The van der Waals surface area contributed by atoms with Gasteiger partial charge >= 0.3 is 11.9 Å². The summed E-state index contributed by atoms with van der Waals surface area (Å²) in [6.45, 7) is 2.00. The Morgan fingerprint density at radius 2 is 1.86 bits per heavy atom. The SMILES string of the molecule is CCCCOC(=O)[C@H](O)[C@H](O)C(=O)O. The second kappa shape index (κ2) is 6.33. The first-order valence-corrected chi connectivity index (χ1v) is 4.26. The van der Waals surface area contributed by atoms with Crippen LogP contribution < -0.4 is 0 Å². The van der Waals surface area contributed by atoms with Crippen molar-refractivity contribution < 1.29 is 29.6 Å². The Labute approximate surface area is 81.1 Å². The molecule has 0 bridgehead atoms. The number of carboxylic acids is 1. The third-order valence-electron chi connectivity index (χ3n) is 1.54. The molecule has 3 N–H and O–H groups in total. The first-order chi connectivity index (χ1) is 6.50. The van der Waals surface area contributed by atoms with Crippen LogP contribution in [0.4, 0.5) is 0 Å². The molecule has 0 aromatic heterocycles. The number of carbonyl (C=O) groups is 2. The van der Waals surface area contributed by atoms with E-state index >= 15 is 0 Å². The number of esters is 1. The Hall–Kier alpha value is -1.14. The maximum atomic E-state index is 10.9. The Morgan fingerprint density at radius 3 is 2.29 bits per heavy atom. The Bertz CT molecular complexity index is 202. The van der Waals surface area contributed by atoms with Gasteiger partial charge in [-0.1, -0.05) is 13.3 Å². The number of carbonyl (C=O) groups excluding carboxylic acids is 1. The molecule has 0 aliphatic heterocycles. The van der Waals surface area contributed by atoms with Gasteiger partial charge < -0.3 is 20.1 Å². The molecular weight excluding hydrogens is 192 g/mol. The Morgan fingerprint density at radius 1 is 1.29 bits per heavy atom. The van der Waals surface area contributed by atoms with E-state index in [4.69, 9.17) is 15.3 Å². The van der Waals surface area contributed by atoms with Crippen LogP contribution in [0, 0.1) is 0 Å². The largest absolute Gasteiger partial charge is 0.479 e. The van der Waals surface area contributed by atoms with Gasteiger partial charge in [0.1, 0.15) is 0 Å². The van der Waals surface area contributed by atoms with Crippen molar-refractivity contribution in [2.45, 2.75) is 32.0 Å². The van der Waals surface area contributed by atoms with Crippen molar-refractivity contribution in [3.63, 3.8) is 0 Å². The molecule has 0 aliphatic carbocycles. The zero-order valence-corrected chi connectivity index (χ0v) is 7.84. The third-order valence-corrected chi connectivity index (χ3v) is 1.54. The van der Waals surface area contributed by atoms with E-state index in [-0.39, 0.29) is 6.61 Å². The lowest BCUT2D eigenvalue weighted by atomic mass is 10.2. The summed E-state index contributed by atoms with van der Waals surface area (Å²) in [7, 11) is 0. The van der Waals surface area contributed by atoms with Gasteiger partial charge in [0.25, 0.3) is 0 Å². The van der Waals surface area contributed by atoms with Crippen molar-refractivity contribution in [2.24, 2.45) is 0 Å². The van der Waals surface area contributed by atoms with Gasteiger partial charge in [-0.3, -0.25) is 0 Å². The minimum absolute atomic E-state index is 0.110. The quantitative estimate of drug-likeness (QED) is 0.385. The zero-order valence-electron chi connectivity index (χ0n) is 7.84. The van der Waals surface area contributed by atoms with Gasteiger partial charge in [-0.15, -0.1) is 0 Å². The average Bonchev–Trinajstić information content (AvgIpc) is 2.15. The van der Waals surface area contributed by atoms with E-state index in [1.54, 1.807) is 0 Å². The van der Waals surface area contributed by atoms with Crippen LogP contribution in [0.25, 0.3) is 0 Å². The summed E-state index contributed by atoms with van der Waals surface area (Å²) in [4.78, 5) is 21.0. The molecule has 0 saturated carbocycles.